The van der Waals surface area contributed by atoms with Crippen molar-refractivity contribution >= 4 is 23.3 Å². The molecule has 3 heterocycles. The molecule has 39 heavy (non-hydrogen) atoms. The molecular weight excluding hydrogens is 498 g/mol. The Kier molecular flexibility index (Phi) is 8.40. The molecule has 2 amide bonds. The van der Waals surface area contributed by atoms with Gasteiger partial charge in [-0.05, 0) is 61.0 Å². The third-order valence-electron chi connectivity index (χ3n) is 8.94. The summed E-state index contributed by atoms with van der Waals surface area (Å²) in [5.41, 5.74) is 16.9. The first-order chi connectivity index (χ1) is 18.9. The zero-order valence-electron chi connectivity index (χ0n) is 22.7. The number of primary amides is 1. The van der Waals surface area contributed by atoms with Gasteiger partial charge in [-0.25, -0.2) is 0 Å². The van der Waals surface area contributed by atoms with Crippen LogP contribution in [-0.4, -0.2) is 91.5 Å². The molecule has 210 valence electrons. The third kappa shape index (κ3) is 5.48. The molecule has 2 N–H and O–H groups in total. The molecule has 0 aromatic heterocycles. The summed E-state index contributed by atoms with van der Waals surface area (Å²) in [5, 5.41) is 3.84. The van der Waals surface area contributed by atoms with Gasteiger partial charge < -0.3 is 20.3 Å². The summed E-state index contributed by atoms with van der Waals surface area (Å²) in [6.07, 6.45) is 5.34. The van der Waals surface area contributed by atoms with Crippen LogP contribution >= 0.6 is 0 Å². The fourth-order valence-corrected chi connectivity index (χ4v) is 7.03. The number of nitrogens with two attached hydrogens (primary N) is 1. The Morgan fingerprint density at radius 3 is 2.59 bits per heavy atom. The number of hydrogen-bond donors (Lipinski definition) is 1. The number of fused-ring (bicyclic) bond motifs is 1. The number of ether oxygens (including phenoxy) is 1. The van der Waals surface area contributed by atoms with Gasteiger partial charge in [0.2, 0.25) is 11.8 Å². The molecule has 0 bridgehead atoms. The summed E-state index contributed by atoms with van der Waals surface area (Å²) in [4.78, 5) is 49.2. The summed E-state index contributed by atoms with van der Waals surface area (Å²) in [5.74, 6) is -1.55. The van der Waals surface area contributed by atoms with Crippen LogP contribution < -0.4 is 10.6 Å². The Labute approximate surface area is 229 Å². The minimum Gasteiger partial charge on any atom is -0.369 e. The maximum absolute atomic E-state index is 14.5. The molecule has 3 aliphatic heterocycles. The molecule has 0 spiro atoms. The number of nitrogens with zero attached hydrogens (tertiary/aromatic N) is 6. The van der Waals surface area contributed by atoms with Crippen molar-refractivity contribution in [1.82, 2.24) is 9.80 Å². The molecule has 0 radical (unpaired) electrons. The van der Waals surface area contributed by atoms with Gasteiger partial charge in [0.05, 0.1) is 18.1 Å². The van der Waals surface area contributed by atoms with Crippen LogP contribution in [0.2, 0.25) is 0 Å². The van der Waals surface area contributed by atoms with Crippen LogP contribution in [0, 0.1) is 5.92 Å². The lowest BCUT2D eigenvalue weighted by molar-refractivity contribution is -0.139. The summed E-state index contributed by atoms with van der Waals surface area (Å²) in [6.45, 7) is 6.95. The molecule has 4 atom stereocenters. The van der Waals surface area contributed by atoms with Crippen molar-refractivity contribution in [2.24, 2.45) is 16.8 Å². The number of anilines is 1. The SMILES string of the molecule is CCCN1CCN(c2ccc(C(N)=O)c([C@@H](C(=O)N3C[C@@H](N=[N+]=[N-])[C@H]4OCC(=O)[C@H]43)C3CCCCC3)c2)CC1. The minimum absolute atomic E-state index is 0.0235. The standard InChI is InChI=1S/C28H39N7O4/c1-2-10-33-11-13-34(14-12-33)19-8-9-20(27(29)37)21(15-19)24(18-6-4-3-5-7-18)28(38)35-16-22(31-32-30)26-25(35)23(36)17-39-26/h8-9,15,18,22,24-26H,2-7,10-14,16-17H2,1H3,(H2,29,37)/t22-,24+,25-,26-/m1/s1. The lowest BCUT2D eigenvalue weighted by Gasteiger charge is -2.37. The first-order valence-corrected chi connectivity index (χ1v) is 14.3. The summed E-state index contributed by atoms with van der Waals surface area (Å²) in [6, 6.07) is 4.28. The lowest BCUT2D eigenvalue weighted by Crippen LogP contribution is -2.47. The van der Waals surface area contributed by atoms with Crippen LogP contribution in [0.15, 0.2) is 23.3 Å². The fourth-order valence-electron chi connectivity index (χ4n) is 7.03. The summed E-state index contributed by atoms with van der Waals surface area (Å²) >= 11 is 0. The summed E-state index contributed by atoms with van der Waals surface area (Å²) in [7, 11) is 0. The van der Waals surface area contributed by atoms with Gasteiger partial charge in [-0.3, -0.25) is 19.3 Å². The van der Waals surface area contributed by atoms with Crippen molar-refractivity contribution in [1.29, 1.82) is 0 Å². The van der Waals surface area contributed by atoms with Crippen molar-refractivity contribution < 1.29 is 19.1 Å². The highest BCUT2D eigenvalue weighted by Crippen LogP contribution is 2.42. The van der Waals surface area contributed by atoms with Crippen LogP contribution in [0.3, 0.4) is 0 Å². The molecule has 1 aliphatic carbocycles. The van der Waals surface area contributed by atoms with Crippen molar-refractivity contribution in [3.8, 4) is 0 Å². The highest BCUT2D eigenvalue weighted by Gasteiger charge is 2.53. The highest BCUT2D eigenvalue weighted by atomic mass is 16.5. The van der Waals surface area contributed by atoms with Crippen LogP contribution in [0.4, 0.5) is 5.69 Å². The number of rotatable bonds is 8. The predicted octanol–water partition coefficient (Wildman–Crippen LogP) is 2.84. The topological polar surface area (TPSA) is 145 Å². The lowest BCUT2D eigenvalue weighted by atomic mass is 9.74. The summed E-state index contributed by atoms with van der Waals surface area (Å²) < 4.78 is 5.66. The Hall–Kier alpha value is -3.14. The number of carbonyl (C=O) groups is 3. The Bertz CT molecular complexity index is 1140. The van der Waals surface area contributed by atoms with Gasteiger partial charge >= 0.3 is 0 Å². The number of hydrogen-bond acceptors (Lipinski definition) is 7. The molecule has 1 aromatic rings. The number of carbonyl (C=O) groups excluding carboxylic acids is 3. The zero-order chi connectivity index (χ0) is 27.5. The fraction of sp³-hybridized carbons (Fsp3) is 0.679. The molecular formula is C28H39N7O4. The van der Waals surface area contributed by atoms with Crippen LogP contribution in [0.25, 0.3) is 10.4 Å². The van der Waals surface area contributed by atoms with E-state index in [0.717, 1.165) is 76.9 Å². The third-order valence-corrected chi connectivity index (χ3v) is 8.94. The average Bonchev–Trinajstić information content (AvgIpc) is 3.51. The van der Waals surface area contributed by atoms with Gasteiger partial charge in [0.25, 0.3) is 0 Å². The monoisotopic (exact) mass is 537 g/mol. The second-order valence-electron chi connectivity index (χ2n) is 11.3. The first-order valence-electron chi connectivity index (χ1n) is 14.3. The molecule has 5 rings (SSSR count). The van der Waals surface area contributed by atoms with E-state index in [4.69, 9.17) is 16.0 Å². The van der Waals surface area contributed by atoms with Gasteiger partial charge in [-0.2, -0.15) is 0 Å². The van der Waals surface area contributed by atoms with Crippen molar-refractivity contribution in [3.63, 3.8) is 0 Å². The Morgan fingerprint density at radius 1 is 1.18 bits per heavy atom. The zero-order valence-corrected chi connectivity index (χ0v) is 22.7. The van der Waals surface area contributed by atoms with Gasteiger partial charge in [0.1, 0.15) is 12.6 Å². The Morgan fingerprint density at radius 2 is 1.92 bits per heavy atom. The van der Waals surface area contributed by atoms with E-state index < -0.39 is 30.0 Å². The molecule has 4 aliphatic rings. The molecule has 4 fully saturated rings. The molecule has 11 heteroatoms. The number of ketones is 1. The van der Waals surface area contributed by atoms with E-state index in [1.165, 1.54) is 0 Å². The van der Waals surface area contributed by atoms with E-state index in [-0.39, 0.29) is 30.8 Å². The molecule has 1 aromatic carbocycles. The van der Waals surface area contributed by atoms with E-state index >= 15 is 0 Å². The number of amides is 2. The van der Waals surface area contributed by atoms with E-state index in [1.807, 2.05) is 12.1 Å². The molecule has 0 unspecified atom stereocenters. The van der Waals surface area contributed by atoms with Gasteiger partial charge in [-0.15, -0.1) is 0 Å². The van der Waals surface area contributed by atoms with Crippen molar-refractivity contribution in [2.75, 3.05) is 50.8 Å². The quantitative estimate of drug-likeness (QED) is 0.307. The van der Waals surface area contributed by atoms with E-state index in [1.54, 1.807) is 11.0 Å². The normalized spacial score (nSPS) is 26.8. The molecule has 11 nitrogen and oxygen atoms in total. The van der Waals surface area contributed by atoms with Crippen LogP contribution in [-0.2, 0) is 14.3 Å². The number of benzene rings is 1. The van der Waals surface area contributed by atoms with E-state index in [2.05, 4.69) is 26.7 Å². The number of azide groups is 1. The maximum Gasteiger partial charge on any atom is 0.249 e. The second kappa shape index (κ2) is 11.9. The molecule has 1 saturated carbocycles. The van der Waals surface area contributed by atoms with E-state index in [0.29, 0.717) is 11.1 Å². The molecule has 3 saturated heterocycles. The average molecular weight is 538 g/mol. The second-order valence-corrected chi connectivity index (χ2v) is 11.3. The Balaban J connectivity index is 1.51. The maximum atomic E-state index is 14.5. The smallest absolute Gasteiger partial charge is 0.249 e. The van der Waals surface area contributed by atoms with Gasteiger partial charge in [0.15, 0.2) is 5.78 Å². The predicted molar refractivity (Wildman–Crippen MR) is 146 cm³/mol. The van der Waals surface area contributed by atoms with Crippen LogP contribution in [0.5, 0.6) is 0 Å². The highest BCUT2D eigenvalue weighted by molar-refractivity contribution is 5.99. The number of Topliss-reactive ketones (excluding diaryl/α,β-unsaturated/α-hetero) is 1. The first kappa shape index (κ1) is 27.4. The largest absolute Gasteiger partial charge is 0.369 e. The van der Waals surface area contributed by atoms with Crippen molar-refractivity contribution in [3.05, 3.63) is 39.8 Å². The minimum atomic E-state index is -0.772. The van der Waals surface area contributed by atoms with Crippen LogP contribution in [0.1, 0.15) is 67.3 Å². The van der Waals surface area contributed by atoms with Crippen molar-refractivity contribution in [2.45, 2.75) is 69.6 Å². The van der Waals surface area contributed by atoms with Gasteiger partial charge in [0, 0.05) is 48.9 Å². The number of likely N-dealkylation sites (tertiary alicyclic amines) is 1. The van der Waals surface area contributed by atoms with E-state index in [9.17, 15) is 14.4 Å². The van der Waals surface area contributed by atoms with Gasteiger partial charge in [-0.1, -0.05) is 31.3 Å². The number of piperazine rings is 1.